The molecule has 0 bridgehead atoms. The number of carbonyl (C=O) groups excluding carboxylic acids is 2. The molecular weight excluding hydrogens is 306 g/mol. The molecule has 2 N–H and O–H groups in total. The summed E-state index contributed by atoms with van der Waals surface area (Å²) in [6.07, 6.45) is 1.29. The van der Waals surface area contributed by atoms with E-state index < -0.39 is 23.3 Å². The predicted octanol–water partition coefficient (Wildman–Crippen LogP) is 1.30. The molecule has 1 fully saturated rings. The van der Waals surface area contributed by atoms with Crippen molar-refractivity contribution in [1.82, 2.24) is 10.2 Å². The first-order valence-electron chi connectivity index (χ1n) is 7.45. The van der Waals surface area contributed by atoms with Gasteiger partial charge in [-0.05, 0) is 25.8 Å². The molecule has 23 heavy (non-hydrogen) atoms. The van der Waals surface area contributed by atoms with E-state index in [0.717, 1.165) is 18.6 Å². The molecule has 1 heterocycles. The maximum absolute atomic E-state index is 13.8. The van der Waals surface area contributed by atoms with Crippen LogP contribution in [0.2, 0.25) is 0 Å². The fourth-order valence-electron chi connectivity index (χ4n) is 2.81. The van der Waals surface area contributed by atoms with Gasteiger partial charge in [0.1, 0.15) is 23.3 Å². The van der Waals surface area contributed by atoms with Crippen molar-refractivity contribution in [3.8, 4) is 0 Å². The number of nitrogens with one attached hydrogen (secondary N) is 1. The summed E-state index contributed by atoms with van der Waals surface area (Å²) >= 11 is 0. The molecule has 1 aliphatic rings. The van der Waals surface area contributed by atoms with E-state index in [-0.39, 0.29) is 23.9 Å². The summed E-state index contributed by atoms with van der Waals surface area (Å²) in [7, 11) is 0. The van der Waals surface area contributed by atoms with Crippen LogP contribution >= 0.6 is 0 Å². The first-order chi connectivity index (χ1) is 10.7. The summed E-state index contributed by atoms with van der Waals surface area (Å²) in [5.41, 5.74) is -1.79. The van der Waals surface area contributed by atoms with Gasteiger partial charge < -0.3 is 15.3 Å². The second-order valence-electron chi connectivity index (χ2n) is 5.99. The molecule has 1 aliphatic heterocycles. The molecule has 126 valence electrons. The summed E-state index contributed by atoms with van der Waals surface area (Å²) in [4.78, 5) is 25.2. The van der Waals surface area contributed by atoms with E-state index in [1.165, 1.54) is 18.7 Å². The Morgan fingerprint density at radius 1 is 1.43 bits per heavy atom. The topological polar surface area (TPSA) is 69.6 Å². The van der Waals surface area contributed by atoms with E-state index in [0.29, 0.717) is 19.0 Å². The zero-order valence-electron chi connectivity index (χ0n) is 13.1. The van der Waals surface area contributed by atoms with Gasteiger partial charge in [0.2, 0.25) is 11.8 Å². The van der Waals surface area contributed by atoms with E-state index >= 15 is 0 Å². The molecule has 2 rings (SSSR count). The third-order valence-electron chi connectivity index (χ3n) is 4.08. The van der Waals surface area contributed by atoms with Crippen LogP contribution in [0.4, 0.5) is 8.78 Å². The highest BCUT2D eigenvalue weighted by Gasteiger charge is 2.34. The van der Waals surface area contributed by atoms with Gasteiger partial charge >= 0.3 is 0 Å². The van der Waals surface area contributed by atoms with Crippen molar-refractivity contribution >= 4 is 11.8 Å². The maximum Gasteiger partial charge on any atom is 0.242 e. The Labute approximate surface area is 133 Å². The smallest absolute Gasteiger partial charge is 0.242 e. The molecule has 0 aliphatic carbocycles. The molecule has 0 saturated carbocycles. The van der Waals surface area contributed by atoms with Gasteiger partial charge in [-0.25, -0.2) is 8.78 Å². The average molecular weight is 326 g/mol. The van der Waals surface area contributed by atoms with Crippen LogP contribution in [0.15, 0.2) is 18.2 Å². The van der Waals surface area contributed by atoms with E-state index in [2.05, 4.69) is 5.32 Å². The lowest BCUT2D eigenvalue weighted by molar-refractivity contribution is -0.137. The number of carbonyl (C=O) groups is 2. The summed E-state index contributed by atoms with van der Waals surface area (Å²) in [6, 6.07) is 2.30. The monoisotopic (exact) mass is 326 g/mol. The van der Waals surface area contributed by atoms with Crippen molar-refractivity contribution < 1.29 is 23.5 Å². The van der Waals surface area contributed by atoms with Gasteiger partial charge in [0.25, 0.3) is 0 Å². The number of benzene rings is 1. The van der Waals surface area contributed by atoms with Crippen molar-refractivity contribution in [1.29, 1.82) is 0 Å². The van der Waals surface area contributed by atoms with Crippen LogP contribution in [0.3, 0.4) is 0 Å². The highest BCUT2D eigenvalue weighted by atomic mass is 19.1. The van der Waals surface area contributed by atoms with Crippen LogP contribution in [-0.2, 0) is 15.2 Å². The van der Waals surface area contributed by atoms with Crippen molar-refractivity contribution in [3.63, 3.8) is 0 Å². The molecule has 1 aromatic carbocycles. The maximum atomic E-state index is 13.8. The molecule has 2 atom stereocenters. The number of halogens is 2. The second-order valence-corrected chi connectivity index (χ2v) is 5.99. The lowest BCUT2D eigenvalue weighted by Crippen LogP contribution is -2.48. The van der Waals surface area contributed by atoms with E-state index in [1.807, 2.05) is 0 Å². The number of aliphatic hydroxyl groups is 1. The fourth-order valence-corrected chi connectivity index (χ4v) is 2.81. The number of nitrogens with zero attached hydrogens (tertiary/aromatic N) is 1. The number of rotatable bonds is 4. The number of hydrogen-bond acceptors (Lipinski definition) is 3. The Balaban J connectivity index is 2.04. The Hall–Kier alpha value is -2.02. The molecule has 1 saturated heterocycles. The molecular formula is C16H20F2N2O3. The van der Waals surface area contributed by atoms with E-state index in [4.69, 9.17) is 0 Å². The molecule has 2 amide bonds. The second kappa shape index (κ2) is 6.62. The van der Waals surface area contributed by atoms with Gasteiger partial charge in [-0.15, -0.1) is 0 Å². The van der Waals surface area contributed by atoms with Gasteiger partial charge in [-0.1, -0.05) is 6.07 Å². The third-order valence-corrected chi connectivity index (χ3v) is 4.08. The number of hydrogen-bond donors (Lipinski definition) is 2. The lowest BCUT2D eigenvalue weighted by Gasteiger charge is -2.27. The van der Waals surface area contributed by atoms with Crippen LogP contribution < -0.4 is 5.32 Å². The quantitative estimate of drug-likeness (QED) is 0.876. The molecule has 5 nitrogen and oxygen atoms in total. The lowest BCUT2D eigenvalue weighted by atomic mass is 9.95. The third kappa shape index (κ3) is 3.85. The summed E-state index contributed by atoms with van der Waals surface area (Å²) in [5.74, 6) is -2.19. The van der Waals surface area contributed by atoms with Crippen molar-refractivity contribution in [2.45, 2.75) is 38.3 Å². The Bertz CT molecular complexity index is 619. The van der Waals surface area contributed by atoms with E-state index in [1.54, 1.807) is 0 Å². The Morgan fingerprint density at radius 2 is 2.13 bits per heavy atom. The van der Waals surface area contributed by atoms with Gasteiger partial charge in [0.15, 0.2) is 0 Å². The van der Waals surface area contributed by atoms with Crippen LogP contribution in [0.5, 0.6) is 0 Å². The first-order valence-corrected chi connectivity index (χ1v) is 7.45. The zero-order valence-corrected chi connectivity index (χ0v) is 13.1. The normalized spacial score (nSPS) is 20.2. The number of likely N-dealkylation sites (tertiary alicyclic amines) is 1. The van der Waals surface area contributed by atoms with Gasteiger partial charge in [-0.3, -0.25) is 9.59 Å². The largest absolute Gasteiger partial charge is 0.383 e. The van der Waals surface area contributed by atoms with Gasteiger partial charge in [0, 0.05) is 25.1 Å². The highest BCUT2D eigenvalue weighted by molar-refractivity contribution is 5.87. The van der Waals surface area contributed by atoms with E-state index in [9.17, 15) is 23.5 Å². The first kappa shape index (κ1) is 17.3. The Morgan fingerprint density at radius 3 is 2.74 bits per heavy atom. The van der Waals surface area contributed by atoms with Crippen LogP contribution in [-0.4, -0.2) is 41.0 Å². The zero-order chi connectivity index (χ0) is 17.2. The molecule has 0 spiro atoms. The summed E-state index contributed by atoms with van der Waals surface area (Å²) < 4.78 is 26.7. The van der Waals surface area contributed by atoms with Crippen LogP contribution in [0.25, 0.3) is 0 Å². The van der Waals surface area contributed by atoms with Crippen molar-refractivity contribution in [2.75, 3.05) is 13.1 Å². The predicted molar refractivity (Wildman–Crippen MR) is 79.3 cm³/mol. The van der Waals surface area contributed by atoms with Crippen molar-refractivity contribution in [2.24, 2.45) is 0 Å². The fraction of sp³-hybridized carbons (Fsp3) is 0.500. The minimum atomic E-state index is -1.69. The molecule has 0 aromatic heterocycles. The minimum absolute atomic E-state index is 0.103. The highest BCUT2D eigenvalue weighted by Crippen LogP contribution is 2.24. The molecule has 0 radical (unpaired) electrons. The average Bonchev–Trinajstić information content (AvgIpc) is 2.94. The summed E-state index contributed by atoms with van der Waals surface area (Å²) in [6.45, 7) is 3.02. The standard InChI is InChI=1S/C16H20F2N2O3/c1-10(21)20-7-3-4-14(20)15(22)19-9-16(2,23)12-6-5-11(17)8-13(12)18/h5-6,8,14,23H,3-4,7,9H2,1-2H3,(H,19,22). The van der Waals surface area contributed by atoms with Gasteiger partial charge in [0.05, 0.1) is 6.54 Å². The number of amides is 2. The van der Waals surface area contributed by atoms with Crippen LogP contribution in [0.1, 0.15) is 32.3 Å². The molecule has 1 aromatic rings. The van der Waals surface area contributed by atoms with Crippen molar-refractivity contribution in [3.05, 3.63) is 35.4 Å². The molecule has 2 unspecified atom stereocenters. The SMILES string of the molecule is CC(=O)N1CCCC1C(=O)NCC(C)(O)c1ccc(F)cc1F. The summed E-state index contributed by atoms with van der Waals surface area (Å²) in [5, 5.41) is 12.9. The minimum Gasteiger partial charge on any atom is -0.383 e. The molecule has 7 heteroatoms. The van der Waals surface area contributed by atoms with Gasteiger partial charge in [-0.2, -0.15) is 0 Å². The van der Waals surface area contributed by atoms with Crippen LogP contribution in [0, 0.1) is 11.6 Å². The Kier molecular flexibility index (Phi) is 4.99.